The van der Waals surface area contributed by atoms with Crippen molar-refractivity contribution in [2.24, 2.45) is 0 Å². The molecule has 2 N–H and O–H groups in total. The van der Waals surface area contributed by atoms with Crippen molar-refractivity contribution >= 4 is 13.6 Å². The molecule has 6 heteroatoms. The molecule has 78 valence electrons. The van der Waals surface area contributed by atoms with Crippen molar-refractivity contribution in [3.63, 3.8) is 0 Å². The topological polar surface area (TPSA) is 83.8 Å². The Morgan fingerprint density at radius 1 is 1.38 bits per heavy atom. The van der Waals surface area contributed by atoms with Crippen LogP contribution in [0.1, 0.15) is 32.6 Å². The minimum atomic E-state index is -4.32. The van der Waals surface area contributed by atoms with Crippen LogP contribution in [0.25, 0.3) is 0 Å². The molecule has 0 spiro atoms. The maximum atomic E-state index is 10.8. The van der Waals surface area contributed by atoms with E-state index in [1.165, 1.54) is 0 Å². The summed E-state index contributed by atoms with van der Waals surface area (Å²) >= 11 is 0. The zero-order valence-electron chi connectivity index (χ0n) is 7.60. The van der Waals surface area contributed by atoms with Gasteiger partial charge >= 0.3 is 7.82 Å². The van der Waals surface area contributed by atoms with Crippen molar-refractivity contribution in [3.05, 3.63) is 0 Å². The van der Waals surface area contributed by atoms with Crippen LogP contribution in [0.3, 0.4) is 0 Å². The molecule has 5 nitrogen and oxygen atoms in total. The highest BCUT2D eigenvalue weighted by molar-refractivity contribution is 7.46. The zero-order valence-corrected chi connectivity index (χ0v) is 8.50. The lowest BCUT2D eigenvalue weighted by molar-refractivity contribution is -0.118. The summed E-state index contributed by atoms with van der Waals surface area (Å²) in [6.07, 6.45) is 2.09. The van der Waals surface area contributed by atoms with Crippen LogP contribution in [0.2, 0.25) is 0 Å². The fraction of sp³-hybridized carbons (Fsp3) is 0.857. The van der Waals surface area contributed by atoms with Gasteiger partial charge in [0, 0.05) is 12.8 Å². The first-order chi connectivity index (χ1) is 5.95. The van der Waals surface area contributed by atoms with Gasteiger partial charge in [0.05, 0.1) is 6.61 Å². The number of rotatable bonds is 7. The molecule has 0 aliphatic rings. The van der Waals surface area contributed by atoms with E-state index in [0.29, 0.717) is 25.7 Å². The van der Waals surface area contributed by atoms with E-state index in [2.05, 4.69) is 4.52 Å². The van der Waals surface area contributed by atoms with Gasteiger partial charge in [0.1, 0.15) is 5.78 Å². The number of unbranched alkanes of at least 4 members (excludes halogenated alkanes) is 1. The summed E-state index contributed by atoms with van der Waals surface area (Å²) in [5, 5.41) is 0. The summed E-state index contributed by atoms with van der Waals surface area (Å²) < 4.78 is 14.4. The lowest BCUT2D eigenvalue weighted by Gasteiger charge is -2.03. The number of phosphoric acid groups is 1. The summed E-state index contributed by atoms with van der Waals surface area (Å²) in [4.78, 5) is 27.4. The van der Waals surface area contributed by atoms with Crippen molar-refractivity contribution in [1.82, 2.24) is 0 Å². The molecular weight excluding hydrogens is 195 g/mol. The third kappa shape index (κ3) is 9.70. The molecule has 0 aliphatic heterocycles. The van der Waals surface area contributed by atoms with E-state index in [1.54, 1.807) is 6.92 Å². The van der Waals surface area contributed by atoms with Crippen molar-refractivity contribution in [2.45, 2.75) is 32.6 Å². The van der Waals surface area contributed by atoms with E-state index in [1.807, 2.05) is 0 Å². The molecule has 0 aromatic carbocycles. The molecule has 0 fully saturated rings. The Kier molecular flexibility index (Phi) is 6.16. The van der Waals surface area contributed by atoms with Crippen molar-refractivity contribution in [3.8, 4) is 0 Å². The Hall–Kier alpha value is -0.220. The summed E-state index contributed by atoms with van der Waals surface area (Å²) in [5.74, 6) is 0.163. The fourth-order valence-corrected chi connectivity index (χ4v) is 1.15. The fourth-order valence-electron chi connectivity index (χ4n) is 0.784. The van der Waals surface area contributed by atoms with Crippen LogP contribution >= 0.6 is 7.82 Å². The average molecular weight is 210 g/mol. The van der Waals surface area contributed by atoms with Gasteiger partial charge in [-0.15, -0.1) is 0 Å². The van der Waals surface area contributed by atoms with Gasteiger partial charge in [0.2, 0.25) is 0 Å². The normalized spacial score (nSPS) is 11.6. The second-order valence-electron chi connectivity index (χ2n) is 2.67. The van der Waals surface area contributed by atoms with E-state index in [-0.39, 0.29) is 12.4 Å². The quantitative estimate of drug-likeness (QED) is 0.488. The van der Waals surface area contributed by atoms with Crippen LogP contribution in [0, 0.1) is 0 Å². The number of carbonyl (C=O) groups is 1. The third-order valence-electron chi connectivity index (χ3n) is 1.50. The number of carbonyl (C=O) groups excluding carboxylic acids is 1. The lowest BCUT2D eigenvalue weighted by atomic mass is 10.1. The van der Waals surface area contributed by atoms with E-state index < -0.39 is 7.82 Å². The van der Waals surface area contributed by atoms with Crippen molar-refractivity contribution in [2.75, 3.05) is 6.61 Å². The second kappa shape index (κ2) is 6.27. The van der Waals surface area contributed by atoms with E-state index >= 15 is 0 Å². The van der Waals surface area contributed by atoms with Crippen LogP contribution < -0.4 is 0 Å². The van der Waals surface area contributed by atoms with Crippen LogP contribution in [0.4, 0.5) is 0 Å². The Morgan fingerprint density at radius 3 is 2.46 bits per heavy atom. The monoisotopic (exact) mass is 210 g/mol. The van der Waals surface area contributed by atoms with Crippen LogP contribution in [0.15, 0.2) is 0 Å². The van der Waals surface area contributed by atoms with Crippen molar-refractivity contribution < 1.29 is 23.7 Å². The van der Waals surface area contributed by atoms with Crippen LogP contribution in [0.5, 0.6) is 0 Å². The highest BCUT2D eigenvalue weighted by atomic mass is 31.2. The van der Waals surface area contributed by atoms with E-state index in [0.717, 1.165) is 0 Å². The number of hydrogen-bond donors (Lipinski definition) is 2. The number of hydrogen-bond acceptors (Lipinski definition) is 3. The first kappa shape index (κ1) is 12.8. The lowest BCUT2D eigenvalue weighted by Crippen LogP contribution is -1.97. The highest BCUT2D eigenvalue weighted by Gasteiger charge is 2.12. The second-order valence-corrected chi connectivity index (χ2v) is 3.91. The molecule has 0 atom stereocenters. The van der Waals surface area contributed by atoms with Gasteiger partial charge in [-0.25, -0.2) is 4.57 Å². The Labute approximate surface area is 77.3 Å². The largest absolute Gasteiger partial charge is 0.469 e. The maximum Gasteiger partial charge on any atom is 0.469 e. The Bertz CT molecular complexity index is 197. The molecule has 0 unspecified atom stereocenters. The first-order valence-electron chi connectivity index (χ1n) is 4.17. The van der Waals surface area contributed by atoms with Gasteiger partial charge in [-0.2, -0.15) is 0 Å². The molecule has 0 bridgehead atoms. The summed E-state index contributed by atoms with van der Waals surface area (Å²) in [7, 11) is -4.32. The first-order valence-corrected chi connectivity index (χ1v) is 5.70. The molecule has 0 saturated heterocycles. The molecule has 0 aromatic rings. The smallest absolute Gasteiger partial charge is 0.303 e. The Morgan fingerprint density at radius 2 is 2.00 bits per heavy atom. The molecule has 0 saturated carbocycles. The van der Waals surface area contributed by atoms with Crippen LogP contribution in [-0.2, 0) is 13.9 Å². The van der Waals surface area contributed by atoms with Crippen molar-refractivity contribution in [1.29, 1.82) is 0 Å². The molecule has 13 heavy (non-hydrogen) atoms. The summed E-state index contributed by atoms with van der Waals surface area (Å²) in [6.45, 7) is 1.79. The minimum Gasteiger partial charge on any atom is -0.303 e. The number of Topliss-reactive ketones (excluding diaryl/α,β-unsaturated/α-hetero) is 1. The zero-order chi connectivity index (χ0) is 10.3. The highest BCUT2D eigenvalue weighted by Crippen LogP contribution is 2.35. The predicted octanol–water partition coefficient (Wildman–Crippen LogP) is 1.25. The van der Waals surface area contributed by atoms with Gasteiger partial charge in [-0.05, 0) is 12.8 Å². The summed E-state index contributed by atoms with van der Waals surface area (Å²) in [5.41, 5.74) is 0. The van der Waals surface area contributed by atoms with E-state index in [9.17, 15) is 9.36 Å². The molecule has 0 heterocycles. The molecule has 0 rings (SSSR count). The molecule has 0 aromatic heterocycles. The summed E-state index contributed by atoms with van der Waals surface area (Å²) in [6, 6.07) is 0. The SMILES string of the molecule is CCC(=O)CCCCOP(=O)(O)O. The van der Waals surface area contributed by atoms with Gasteiger partial charge < -0.3 is 9.79 Å². The number of ketones is 1. The molecular formula is C7H15O5P. The molecule has 0 amide bonds. The van der Waals surface area contributed by atoms with Crippen LogP contribution in [-0.4, -0.2) is 22.2 Å². The van der Waals surface area contributed by atoms with Gasteiger partial charge in [-0.3, -0.25) is 9.32 Å². The minimum absolute atomic E-state index is 0.00126. The van der Waals surface area contributed by atoms with E-state index in [4.69, 9.17) is 9.79 Å². The standard InChI is InChI=1S/C7H15O5P/c1-2-7(8)5-3-4-6-12-13(9,10)11/h2-6H2,1H3,(H2,9,10,11). The van der Waals surface area contributed by atoms with Gasteiger partial charge in [0.15, 0.2) is 0 Å². The predicted molar refractivity (Wildman–Crippen MR) is 47.1 cm³/mol. The average Bonchev–Trinajstić information content (AvgIpc) is 2.01. The Balaban J connectivity index is 3.27. The maximum absolute atomic E-state index is 10.8. The molecule has 0 radical (unpaired) electrons. The number of phosphoric ester groups is 1. The third-order valence-corrected chi connectivity index (χ3v) is 2.02. The van der Waals surface area contributed by atoms with Gasteiger partial charge in [-0.1, -0.05) is 6.92 Å². The van der Waals surface area contributed by atoms with Gasteiger partial charge in [0.25, 0.3) is 0 Å². The molecule has 0 aliphatic carbocycles.